The Morgan fingerprint density at radius 3 is 1.69 bits per heavy atom. The van der Waals surface area contributed by atoms with Crippen LogP contribution in [0.1, 0.15) is 0 Å². The van der Waals surface area contributed by atoms with Gasteiger partial charge in [0, 0.05) is 48.6 Å². The highest BCUT2D eigenvalue weighted by molar-refractivity contribution is 7.26. The van der Waals surface area contributed by atoms with Crippen molar-refractivity contribution in [2.24, 2.45) is 0 Å². The van der Waals surface area contributed by atoms with Crippen LogP contribution in [0.4, 0.5) is 0 Å². The third kappa shape index (κ3) is 4.96. The molecule has 0 saturated heterocycles. The number of nitrogens with zero attached hydrogens (tertiary/aromatic N) is 4. The first-order valence-electron chi connectivity index (χ1n) is 16.8. The van der Waals surface area contributed by atoms with E-state index in [0.717, 1.165) is 53.6 Å². The van der Waals surface area contributed by atoms with Crippen LogP contribution in [-0.2, 0) is 0 Å². The maximum absolute atomic E-state index is 11.5. The molecule has 0 aliphatic carbocycles. The molecule has 0 unspecified atom stereocenters. The van der Waals surface area contributed by atoms with Crippen LogP contribution in [0.25, 0.3) is 93.0 Å². The lowest BCUT2D eigenvalue weighted by Crippen LogP contribution is -2.00. The van der Waals surface area contributed by atoms with Gasteiger partial charge >= 0.3 is 0 Å². The van der Waals surface area contributed by atoms with Crippen molar-refractivity contribution < 1.29 is 5.11 Å². The lowest BCUT2D eigenvalue weighted by Gasteiger charge is -2.10. The lowest BCUT2D eigenvalue weighted by atomic mass is 10.0. The van der Waals surface area contributed by atoms with Crippen LogP contribution in [0.15, 0.2) is 164 Å². The monoisotopic (exact) mass is 672 g/mol. The van der Waals surface area contributed by atoms with Crippen molar-refractivity contribution in [1.29, 1.82) is 0 Å². The summed E-state index contributed by atoms with van der Waals surface area (Å²) in [5, 5.41) is 15.9. The Morgan fingerprint density at radius 2 is 1.00 bits per heavy atom. The van der Waals surface area contributed by atoms with Gasteiger partial charge in [0.05, 0.1) is 15.7 Å². The molecule has 0 saturated carbocycles. The Morgan fingerprint density at radius 1 is 0.412 bits per heavy atom. The van der Waals surface area contributed by atoms with E-state index in [9.17, 15) is 5.11 Å². The van der Waals surface area contributed by atoms with Gasteiger partial charge in [-0.3, -0.25) is 0 Å². The minimum Gasteiger partial charge on any atom is -0.506 e. The molecule has 0 bridgehead atoms. The fourth-order valence-electron chi connectivity index (χ4n) is 7.11. The van der Waals surface area contributed by atoms with Crippen LogP contribution in [0.5, 0.6) is 5.75 Å². The van der Waals surface area contributed by atoms with E-state index in [1.54, 1.807) is 17.4 Å². The SMILES string of the molecule is Oc1cc(-c2nc(-c3ccccc3)nc(-c3ccccc3)n2)cc2c1sc1ccc(-n3c4ccccc4c4ccc(-c5ccccc5)cc43)cc12. The molecule has 0 fully saturated rings. The summed E-state index contributed by atoms with van der Waals surface area (Å²) < 4.78 is 4.28. The largest absolute Gasteiger partial charge is 0.506 e. The van der Waals surface area contributed by atoms with Crippen LogP contribution in [0, 0.1) is 0 Å². The molecule has 5 nitrogen and oxygen atoms in total. The van der Waals surface area contributed by atoms with Gasteiger partial charge in [0.15, 0.2) is 17.5 Å². The Bertz CT molecular complexity index is 2860. The number of aromatic hydroxyl groups is 1. The quantitative estimate of drug-likeness (QED) is 0.198. The van der Waals surface area contributed by atoms with Crippen molar-refractivity contribution in [1.82, 2.24) is 19.5 Å². The van der Waals surface area contributed by atoms with Gasteiger partial charge in [0.25, 0.3) is 0 Å². The average Bonchev–Trinajstić information content (AvgIpc) is 3.74. The smallest absolute Gasteiger partial charge is 0.164 e. The zero-order valence-electron chi connectivity index (χ0n) is 27.2. The number of phenolic OH excluding ortho intramolecular Hbond substituents is 1. The summed E-state index contributed by atoms with van der Waals surface area (Å²) in [6, 6.07) is 56.2. The molecular weight excluding hydrogens is 645 g/mol. The van der Waals surface area contributed by atoms with Crippen LogP contribution < -0.4 is 0 Å². The summed E-state index contributed by atoms with van der Waals surface area (Å²) in [4.78, 5) is 14.7. The molecule has 3 heterocycles. The van der Waals surface area contributed by atoms with Crippen LogP contribution in [-0.4, -0.2) is 24.6 Å². The summed E-state index contributed by atoms with van der Waals surface area (Å²) in [7, 11) is 0. The molecule has 0 atom stereocenters. The van der Waals surface area contributed by atoms with E-state index < -0.39 is 0 Å². The molecular formula is C45H28N4OS. The molecule has 0 aliphatic heterocycles. The molecule has 51 heavy (non-hydrogen) atoms. The molecule has 0 radical (unpaired) electrons. The fourth-order valence-corrected chi connectivity index (χ4v) is 8.19. The van der Waals surface area contributed by atoms with Gasteiger partial charge in [0.2, 0.25) is 0 Å². The molecule has 0 amide bonds. The highest BCUT2D eigenvalue weighted by Gasteiger charge is 2.18. The van der Waals surface area contributed by atoms with Crippen LogP contribution in [0.3, 0.4) is 0 Å². The van der Waals surface area contributed by atoms with Crippen LogP contribution >= 0.6 is 11.3 Å². The Hall–Kier alpha value is -6.63. The predicted molar refractivity (Wildman–Crippen MR) is 210 cm³/mol. The van der Waals surface area contributed by atoms with E-state index in [2.05, 4.69) is 95.6 Å². The van der Waals surface area contributed by atoms with E-state index in [0.29, 0.717) is 17.5 Å². The van der Waals surface area contributed by atoms with Gasteiger partial charge < -0.3 is 9.67 Å². The minimum absolute atomic E-state index is 0.206. The van der Waals surface area contributed by atoms with E-state index >= 15 is 0 Å². The minimum atomic E-state index is 0.206. The topological polar surface area (TPSA) is 63.8 Å². The number of rotatable bonds is 5. The first kappa shape index (κ1) is 29.3. The number of para-hydroxylation sites is 1. The zero-order chi connectivity index (χ0) is 33.9. The van der Waals surface area contributed by atoms with Crippen molar-refractivity contribution in [3.8, 4) is 56.7 Å². The van der Waals surface area contributed by atoms with Crippen molar-refractivity contribution in [2.45, 2.75) is 0 Å². The second-order valence-corrected chi connectivity index (χ2v) is 13.7. The fraction of sp³-hybridized carbons (Fsp3) is 0. The van der Waals surface area contributed by atoms with Crippen molar-refractivity contribution in [3.05, 3.63) is 164 Å². The van der Waals surface area contributed by atoms with E-state index in [1.165, 1.54) is 21.9 Å². The van der Waals surface area contributed by atoms with E-state index in [1.807, 2.05) is 66.7 Å². The number of thiophene rings is 1. The first-order chi connectivity index (χ1) is 25.2. The molecule has 1 N–H and O–H groups in total. The highest BCUT2D eigenvalue weighted by atomic mass is 32.1. The second kappa shape index (κ2) is 11.8. The van der Waals surface area contributed by atoms with Crippen molar-refractivity contribution in [3.63, 3.8) is 0 Å². The maximum Gasteiger partial charge on any atom is 0.164 e. The van der Waals surface area contributed by atoms with Gasteiger partial charge in [-0.1, -0.05) is 121 Å². The maximum atomic E-state index is 11.5. The number of hydrogen-bond donors (Lipinski definition) is 1. The molecule has 10 aromatic rings. The molecule has 10 rings (SSSR count). The van der Waals surface area contributed by atoms with Gasteiger partial charge in [-0.05, 0) is 53.6 Å². The second-order valence-electron chi connectivity index (χ2n) is 12.6. The Kier molecular flexibility index (Phi) is 6.76. The standard InChI is InChI=1S/C45H28N4OS/c50-40-26-32(45-47-43(29-14-6-2-7-15-29)46-44(48-45)30-16-8-3-9-17-30)24-37-36-27-33(21-23-41(36)51-42(37)40)49-38-19-11-10-18-34(38)35-22-20-31(25-39(35)49)28-12-4-1-5-13-28/h1-27,50H. The third-order valence-electron chi connectivity index (χ3n) is 9.53. The normalized spacial score (nSPS) is 11.6. The average molecular weight is 673 g/mol. The van der Waals surface area contributed by atoms with Gasteiger partial charge in [-0.2, -0.15) is 0 Å². The van der Waals surface area contributed by atoms with Crippen molar-refractivity contribution in [2.75, 3.05) is 0 Å². The number of aromatic nitrogens is 4. The van der Waals surface area contributed by atoms with Gasteiger partial charge in [-0.15, -0.1) is 11.3 Å². The molecule has 240 valence electrons. The Labute approximate surface area is 297 Å². The van der Waals surface area contributed by atoms with Crippen molar-refractivity contribution >= 4 is 53.3 Å². The van der Waals surface area contributed by atoms with Crippen LogP contribution in [0.2, 0.25) is 0 Å². The summed E-state index contributed by atoms with van der Waals surface area (Å²) in [6.45, 7) is 0. The summed E-state index contributed by atoms with van der Waals surface area (Å²) in [5.41, 5.74) is 8.23. The highest BCUT2D eigenvalue weighted by Crippen LogP contribution is 2.43. The van der Waals surface area contributed by atoms with E-state index in [-0.39, 0.29) is 5.75 Å². The van der Waals surface area contributed by atoms with E-state index in [4.69, 9.17) is 15.0 Å². The molecule has 0 aliphatic rings. The molecule has 6 heteroatoms. The molecule has 0 spiro atoms. The lowest BCUT2D eigenvalue weighted by molar-refractivity contribution is 0.482. The summed E-state index contributed by atoms with van der Waals surface area (Å²) >= 11 is 1.59. The molecule has 7 aromatic carbocycles. The summed E-state index contributed by atoms with van der Waals surface area (Å²) in [5.74, 6) is 1.87. The molecule has 3 aromatic heterocycles. The first-order valence-corrected chi connectivity index (χ1v) is 17.7. The number of benzene rings is 7. The predicted octanol–water partition coefficient (Wildman–Crippen LogP) is 11.7. The number of hydrogen-bond acceptors (Lipinski definition) is 5. The van der Waals surface area contributed by atoms with Gasteiger partial charge in [0.1, 0.15) is 5.75 Å². The number of fused-ring (bicyclic) bond motifs is 6. The number of phenols is 1. The summed E-state index contributed by atoms with van der Waals surface area (Å²) in [6.07, 6.45) is 0. The zero-order valence-corrected chi connectivity index (χ0v) is 28.0. The Balaban J connectivity index is 1.18. The third-order valence-corrected chi connectivity index (χ3v) is 10.7. The van der Waals surface area contributed by atoms with Gasteiger partial charge in [-0.25, -0.2) is 15.0 Å².